The number of aromatic nitrogens is 1. The normalized spacial score (nSPS) is 10.8. The molecule has 3 rings (SSSR count). The third kappa shape index (κ3) is 6.86. The first-order valence-electron chi connectivity index (χ1n) is 10.2. The third-order valence-corrected chi connectivity index (χ3v) is 4.78. The van der Waals surface area contributed by atoms with Crippen molar-refractivity contribution in [3.05, 3.63) is 48.4 Å². The first kappa shape index (κ1) is 26.0. The maximum Gasteiger partial charge on any atom is 0.319 e. The maximum atomic E-state index is 14.7. The van der Waals surface area contributed by atoms with Crippen molar-refractivity contribution in [3.63, 3.8) is 0 Å². The monoisotopic (exact) mass is 477 g/mol. The van der Waals surface area contributed by atoms with Gasteiger partial charge in [0.05, 0.1) is 19.7 Å². The molecule has 2 N–H and O–H groups in total. The summed E-state index contributed by atoms with van der Waals surface area (Å²) in [6, 6.07) is 8.97. The number of urea groups is 1. The van der Waals surface area contributed by atoms with E-state index < -0.39 is 5.82 Å². The molecular formula is C24H29ClFN3O4. The van der Waals surface area contributed by atoms with Crippen LogP contribution in [0, 0.1) is 11.2 Å². The highest BCUT2D eigenvalue weighted by Gasteiger charge is 2.14. The number of fused-ring (bicyclic) bond motifs is 1. The van der Waals surface area contributed by atoms with Crippen molar-refractivity contribution < 1.29 is 23.4 Å². The highest BCUT2D eigenvalue weighted by atomic mass is 35.5. The fourth-order valence-electron chi connectivity index (χ4n) is 3.04. The van der Waals surface area contributed by atoms with Gasteiger partial charge in [0.2, 0.25) is 0 Å². The zero-order valence-corrected chi connectivity index (χ0v) is 20.1. The molecule has 0 fully saturated rings. The second kappa shape index (κ2) is 11.0. The van der Waals surface area contributed by atoms with Gasteiger partial charge in [0.25, 0.3) is 0 Å². The summed E-state index contributed by atoms with van der Waals surface area (Å²) in [5.41, 5.74) is 1.06. The Bertz CT molecular complexity index is 1120. The molecule has 33 heavy (non-hydrogen) atoms. The SMILES string of the molecule is COc1cc2nccc(Oc3ccc(NC(=O)NCCC(C)(C)C)cc3F)c2cc1OC.Cl. The fourth-order valence-corrected chi connectivity index (χ4v) is 3.04. The Kier molecular flexibility index (Phi) is 8.70. The molecule has 0 aliphatic heterocycles. The van der Waals surface area contributed by atoms with Crippen LogP contribution in [0.25, 0.3) is 10.9 Å². The van der Waals surface area contributed by atoms with Crippen molar-refractivity contribution >= 4 is 35.0 Å². The summed E-state index contributed by atoms with van der Waals surface area (Å²) >= 11 is 0. The number of ether oxygens (including phenoxy) is 3. The molecule has 3 aromatic rings. The van der Waals surface area contributed by atoms with E-state index in [9.17, 15) is 9.18 Å². The molecule has 2 aromatic carbocycles. The maximum absolute atomic E-state index is 14.7. The Morgan fingerprint density at radius 3 is 2.33 bits per heavy atom. The van der Waals surface area contributed by atoms with Crippen LogP contribution in [-0.2, 0) is 0 Å². The van der Waals surface area contributed by atoms with Gasteiger partial charge in [-0.1, -0.05) is 20.8 Å². The average Bonchev–Trinajstić information content (AvgIpc) is 2.73. The Hall–Kier alpha value is -3.26. The number of carbonyl (C=O) groups is 1. The minimum absolute atomic E-state index is 0. The minimum Gasteiger partial charge on any atom is -0.493 e. The van der Waals surface area contributed by atoms with Crippen molar-refractivity contribution in [2.45, 2.75) is 27.2 Å². The van der Waals surface area contributed by atoms with Gasteiger partial charge in [-0.2, -0.15) is 0 Å². The molecule has 2 amide bonds. The van der Waals surface area contributed by atoms with E-state index in [1.54, 1.807) is 37.6 Å². The highest BCUT2D eigenvalue weighted by molar-refractivity contribution is 5.90. The smallest absolute Gasteiger partial charge is 0.319 e. The minimum atomic E-state index is -0.608. The lowest BCUT2D eigenvalue weighted by atomic mass is 9.92. The van der Waals surface area contributed by atoms with Gasteiger partial charge in [0.1, 0.15) is 5.75 Å². The van der Waals surface area contributed by atoms with Gasteiger partial charge < -0.3 is 24.8 Å². The third-order valence-electron chi connectivity index (χ3n) is 4.78. The number of pyridine rings is 1. The Morgan fingerprint density at radius 2 is 1.70 bits per heavy atom. The second-order valence-corrected chi connectivity index (χ2v) is 8.47. The summed E-state index contributed by atoms with van der Waals surface area (Å²) < 4.78 is 31.2. The fraction of sp³-hybridized carbons (Fsp3) is 0.333. The number of carbonyl (C=O) groups excluding carboxylic acids is 1. The van der Waals surface area contributed by atoms with E-state index in [0.29, 0.717) is 40.4 Å². The molecule has 0 radical (unpaired) electrons. The number of hydrogen-bond donors (Lipinski definition) is 2. The van der Waals surface area contributed by atoms with Crippen molar-refractivity contribution in [2.75, 3.05) is 26.1 Å². The van der Waals surface area contributed by atoms with Gasteiger partial charge in [0, 0.05) is 35.9 Å². The van der Waals surface area contributed by atoms with Gasteiger partial charge in [-0.15, -0.1) is 12.4 Å². The van der Waals surface area contributed by atoms with E-state index in [0.717, 1.165) is 6.42 Å². The molecule has 7 nitrogen and oxygen atoms in total. The number of amides is 2. The van der Waals surface area contributed by atoms with Gasteiger partial charge in [-0.25, -0.2) is 9.18 Å². The zero-order valence-electron chi connectivity index (χ0n) is 19.3. The summed E-state index contributed by atoms with van der Waals surface area (Å²) in [7, 11) is 3.07. The number of anilines is 1. The average molecular weight is 478 g/mol. The number of rotatable bonds is 7. The van der Waals surface area contributed by atoms with Crippen molar-refractivity contribution in [1.29, 1.82) is 0 Å². The van der Waals surface area contributed by atoms with Crippen LogP contribution in [0.3, 0.4) is 0 Å². The van der Waals surface area contributed by atoms with Crippen LogP contribution in [0.2, 0.25) is 0 Å². The van der Waals surface area contributed by atoms with Crippen LogP contribution < -0.4 is 24.8 Å². The Labute approximate surface area is 199 Å². The predicted octanol–water partition coefficient (Wildman–Crippen LogP) is 6.16. The number of halogens is 2. The van der Waals surface area contributed by atoms with E-state index in [4.69, 9.17) is 14.2 Å². The molecule has 1 aromatic heterocycles. The lowest BCUT2D eigenvalue weighted by Gasteiger charge is -2.18. The van der Waals surface area contributed by atoms with E-state index in [-0.39, 0.29) is 29.6 Å². The molecule has 0 aliphatic rings. The highest BCUT2D eigenvalue weighted by Crippen LogP contribution is 2.37. The number of nitrogens with one attached hydrogen (secondary N) is 2. The number of benzene rings is 2. The van der Waals surface area contributed by atoms with Crippen LogP contribution >= 0.6 is 12.4 Å². The molecule has 0 bridgehead atoms. The van der Waals surface area contributed by atoms with Crippen LogP contribution in [0.15, 0.2) is 42.6 Å². The van der Waals surface area contributed by atoms with E-state index in [2.05, 4.69) is 36.4 Å². The second-order valence-electron chi connectivity index (χ2n) is 8.47. The quantitative estimate of drug-likeness (QED) is 0.425. The largest absolute Gasteiger partial charge is 0.493 e. The van der Waals surface area contributed by atoms with Gasteiger partial charge in [-0.05, 0) is 36.1 Å². The van der Waals surface area contributed by atoms with Gasteiger partial charge >= 0.3 is 6.03 Å². The standard InChI is InChI=1S/C24H28FN3O4.ClH/c1-24(2,3)9-11-27-23(29)28-15-6-7-20(17(25)12-15)32-19-8-10-26-18-14-22(31-5)21(30-4)13-16(18)19;/h6-8,10,12-14H,9,11H2,1-5H3,(H2,27,28,29);1H. The van der Waals surface area contributed by atoms with Crippen molar-refractivity contribution in [1.82, 2.24) is 10.3 Å². The molecule has 1 heterocycles. The van der Waals surface area contributed by atoms with E-state index >= 15 is 0 Å². The molecule has 0 atom stereocenters. The molecule has 0 aliphatic carbocycles. The van der Waals surface area contributed by atoms with Crippen molar-refractivity contribution in [2.24, 2.45) is 5.41 Å². The first-order chi connectivity index (χ1) is 15.2. The number of methoxy groups -OCH3 is 2. The summed E-state index contributed by atoms with van der Waals surface area (Å²) in [5.74, 6) is 0.867. The van der Waals surface area contributed by atoms with Crippen LogP contribution in [0.5, 0.6) is 23.0 Å². The Balaban J connectivity index is 0.00000385. The van der Waals surface area contributed by atoms with E-state index in [1.165, 1.54) is 19.2 Å². The molecule has 0 spiro atoms. The number of hydrogen-bond acceptors (Lipinski definition) is 5. The Morgan fingerprint density at radius 1 is 1.00 bits per heavy atom. The van der Waals surface area contributed by atoms with Crippen LogP contribution in [-0.4, -0.2) is 31.8 Å². The van der Waals surface area contributed by atoms with Gasteiger partial charge in [0.15, 0.2) is 23.1 Å². The first-order valence-corrected chi connectivity index (χ1v) is 10.2. The summed E-state index contributed by atoms with van der Waals surface area (Å²) in [6.07, 6.45) is 2.40. The lowest BCUT2D eigenvalue weighted by Crippen LogP contribution is -2.31. The summed E-state index contributed by atoms with van der Waals surface area (Å²) in [6.45, 7) is 6.82. The van der Waals surface area contributed by atoms with Crippen molar-refractivity contribution in [3.8, 4) is 23.0 Å². The summed E-state index contributed by atoms with van der Waals surface area (Å²) in [5, 5.41) is 6.04. The lowest BCUT2D eigenvalue weighted by molar-refractivity contribution is 0.250. The van der Waals surface area contributed by atoms with Gasteiger partial charge in [-0.3, -0.25) is 4.98 Å². The molecule has 0 saturated carbocycles. The molecular weight excluding hydrogens is 449 g/mol. The topological polar surface area (TPSA) is 81.7 Å². The zero-order chi connectivity index (χ0) is 23.3. The molecule has 178 valence electrons. The molecule has 0 saturated heterocycles. The molecule has 9 heteroatoms. The molecule has 0 unspecified atom stereocenters. The summed E-state index contributed by atoms with van der Waals surface area (Å²) in [4.78, 5) is 16.4. The van der Waals surface area contributed by atoms with Crippen LogP contribution in [0.4, 0.5) is 14.9 Å². The predicted molar refractivity (Wildman–Crippen MR) is 130 cm³/mol. The number of nitrogens with zero attached hydrogens (tertiary/aromatic N) is 1. The van der Waals surface area contributed by atoms with E-state index in [1.807, 2.05) is 0 Å². The van der Waals surface area contributed by atoms with Crippen LogP contribution in [0.1, 0.15) is 27.2 Å².